The van der Waals surface area contributed by atoms with E-state index < -0.39 is 0 Å². The van der Waals surface area contributed by atoms with Crippen LogP contribution >= 0.6 is 0 Å². The highest BCUT2D eigenvalue weighted by Gasteiger charge is 2.15. The summed E-state index contributed by atoms with van der Waals surface area (Å²) in [4.78, 5) is 23.0. The summed E-state index contributed by atoms with van der Waals surface area (Å²) in [6.45, 7) is 9.71. The second kappa shape index (κ2) is 8.43. The topological polar surface area (TPSA) is 58.1 Å². The number of amides is 1. The Bertz CT molecular complexity index is 638. The maximum absolute atomic E-state index is 12.1. The molecule has 0 bridgehead atoms. The molecule has 5 heteroatoms. The molecular weight excluding hydrogens is 300 g/mol. The van der Waals surface area contributed by atoms with Crippen molar-refractivity contribution in [3.63, 3.8) is 0 Å². The third-order valence-electron chi connectivity index (χ3n) is 3.65. The molecule has 1 heterocycles. The molecule has 2 rings (SSSR count). The zero-order chi connectivity index (χ0) is 17.5. The van der Waals surface area contributed by atoms with Crippen LogP contribution in [0.5, 0.6) is 0 Å². The third kappa shape index (κ3) is 5.05. The van der Waals surface area contributed by atoms with Gasteiger partial charge in [-0.1, -0.05) is 44.2 Å². The van der Waals surface area contributed by atoms with Crippen molar-refractivity contribution in [2.24, 2.45) is 5.92 Å². The van der Waals surface area contributed by atoms with E-state index in [0.29, 0.717) is 24.0 Å². The van der Waals surface area contributed by atoms with E-state index in [1.807, 2.05) is 18.2 Å². The van der Waals surface area contributed by atoms with Gasteiger partial charge in [0.2, 0.25) is 5.95 Å². The average molecular weight is 326 g/mol. The smallest absolute Gasteiger partial charge is 0.254 e. The van der Waals surface area contributed by atoms with E-state index in [9.17, 15) is 4.79 Å². The molecule has 1 aromatic heterocycles. The number of nitrogens with zero attached hydrogens (tertiary/aromatic N) is 3. The first-order chi connectivity index (χ1) is 11.5. The lowest BCUT2D eigenvalue weighted by atomic mass is 10.2. The first-order valence-electron chi connectivity index (χ1n) is 8.38. The molecule has 1 amide bonds. The van der Waals surface area contributed by atoms with Gasteiger partial charge in [-0.05, 0) is 25.3 Å². The Kier molecular flexibility index (Phi) is 6.29. The lowest BCUT2D eigenvalue weighted by Gasteiger charge is -2.26. The summed E-state index contributed by atoms with van der Waals surface area (Å²) in [5.41, 5.74) is 1.69. The Labute approximate surface area is 144 Å². The predicted molar refractivity (Wildman–Crippen MR) is 97.0 cm³/mol. The highest BCUT2D eigenvalue weighted by atomic mass is 16.1. The molecule has 128 valence electrons. The summed E-state index contributed by atoms with van der Waals surface area (Å²) < 4.78 is 0. The number of benzene rings is 1. The van der Waals surface area contributed by atoms with Gasteiger partial charge in [-0.15, -0.1) is 0 Å². The predicted octanol–water partition coefficient (Wildman–Crippen LogP) is 3.28. The molecule has 2 aromatic rings. The molecule has 24 heavy (non-hydrogen) atoms. The van der Waals surface area contributed by atoms with Crippen molar-refractivity contribution >= 4 is 11.9 Å². The molecule has 0 saturated heterocycles. The number of nitrogens with one attached hydrogen (secondary N) is 1. The molecule has 0 atom stereocenters. The molecule has 0 radical (unpaired) electrons. The molecule has 1 N–H and O–H groups in total. The Balaban J connectivity index is 2.10. The van der Waals surface area contributed by atoms with Crippen LogP contribution in [0, 0.1) is 5.92 Å². The summed E-state index contributed by atoms with van der Waals surface area (Å²) in [5.74, 6) is 0.917. The Morgan fingerprint density at radius 3 is 2.25 bits per heavy atom. The van der Waals surface area contributed by atoms with Crippen molar-refractivity contribution in [1.82, 2.24) is 15.3 Å². The lowest BCUT2D eigenvalue weighted by molar-refractivity contribution is 0.0948. The molecular formula is C19H26N4O. The maximum atomic E-state index is 12.1. The van der Waals surface area contributed by atoms with Crippen LogP contribution in [0.2, 0.25) is 0 Å². The summed E-state index contributed by atoms with van der Waals surface area (Å²) in [5, 5.41) is 2.88. The van der Waals surface area contributed by atoms with E-state index in [2.05, 4.69) is 60.0 Å². The lowest BCUT2D eigenvalue weighted by Crippen LogP contribution is -2.32. The number of carbonyl (C=O) groups is 1. The summed E-state index contributed by atoms with van der Waals surface area (Å²) in [6.07, 6.45) is 3.19. The minimum atomic E-state index is -0.130. The van der Waals surface area contributed by atoms with Gasteiger partial charge in [-0.3, -0.25) is 4.79 Å². The number of aromatic nitrogens is 2. The monoisotopic (exact) mass is 326 g/mol. The van der Waals surface area contributed by atoms with Crippen LogP contribution < -0.4 is 10.2 Å². The van der Waals surface area contributed by atoms with Crippen LogP contribution in [0.15, 0.2) is 42.7 Å². The van der Waals surface area contributed by atoms with Crippen molar-refractivity contribution < 1.29 is 4.79 Å². The van der Waals surface area contributed by atoms with E-state index in [0.717, 1.165) is 6.54 Å². The van der Waals surface area contributed by atoms with E-state index >= 15 is 0 Å². The summed E-state index contributed by atoms with van der Waals surface area (Å²) in [7, 11) is 0. The Morgan fingerprint density at radius 1 is 1.08 bits per heavy atom. The SMILES string of the molecule is CC(C)CNC(=O)c1cnc(N(Cc2ccccc2)C(C)C)nc1. The van der Waals surface area contributed by atoms with Gasteiger partial charge in [-0.25, -0.2) is 9.97 Å². The van der Waals surface area contributed by atoms with Gasteiger partial charge in [0.15, 0.2) is 0 Å². The molecule has 0 aliphatic heterocycles. The number of anilines is 1. The van der Waals surface area contributed by atoms with E-state index in [4.69, 9.17) is 0 Å². The number of carbonyl (C=O) groups excluding carboxylic acids is 1. The van der Waals surface area contributed by atoms with Crippen molar-refractivity contribution in [2.75, 3.05) is 11.4 Å². The highest BCUT2D eigenvalue weighted by molar-refractivity contribution is 5.93. The first kappa shape index (κ1) is 17.9. The van der Waals surface area contributed by atoms with Gasteiger partial charge in [0, 0.05) is 31.5 Å². The van der Waals surface area contributed by atoms with E-state index in [-0.39, 0.29) is 11.9 Å². The van der Waals surface area contributed by atoms with Gasteiger partial charge < -0.3 is 10.2 Å². The number of hydrogen-bond donors (Lipinski definition) is 1. The van der Waals surface area contributed by atoms with Crippen LogP contribution in [0.4, 0.5) is 5.95 Å². The van der Waals surface area contributed by atoms with Gasteiger partial charge in [0.05, 0.1) is 5.56 Å². The zero-order valence-electron chi connectivity index (χ0n) is 14.9. The van der Waals surface area contributed by atoms with Gasteiger partial charge >= 0.3 is 0 Å². The van der Waals surface area contributed by atoms with Gasteiger partial charge in [-0.2, -0.15) is 0 Å². The molecule has 0 aliphatic rings. The van der Waals surface area contributed by atoms with Gasteiger partial charge in [0.1, 0.15) is 0 Å². The van der Waals surface area contributed by atoms with Crippen LogP contribution in [0.25, 0.3) is 0 Å². The molecule has 0 fully saturated rings. The Hall–Kier alpha value is -2.43. The summed E-state index contributed by atoms with van der Waals surface area (Å²) >= 11 is 0. The fourth-order valence-corrected chi connectivity index (χ4v) is 2.25. The van der Waals surface area contributed by atoms with E-state index in [1.54, 1.807) is 12.4 Å². The average Bonchev–Trinajstić information content (AvgIpc) is 2.58. The normalized spacial score (nSPS) is 10.9. The van der Waals surface area contributed by atoms with Crippen molar-refractivity contribution in [3.05, 3.63) is 53.9 Å². The van der Waals surface area contributed by atoms with Crippen LogP contribution in [0.1, 0.15) is 43.6 Å². The maximum Gasteiger partial charge on any atom is 0.254 e. The molecule has 5 nitrogen and oxygen atoms in total. The van der Waals surface area contributed by atoms with Crippen molar-refractivity contribution in [1.29, 1.82) is 0 Å². The van der Waals surface area contributed by atoms with Crippen LogP contribution in [-0.4, -0.2) is 28.5 Å². The number of hydrogen-bond acceptors (Lipinski definition) is 4. The first-order valence-corrected chi connectivity index (χ1v) is 8.38. The van der Waals surface area contributed by atoms with Crippen LogP contribution in [-0.2, 0) is 6.54 Å². The van der Waals surface area contributed by atoms with Crippen molar-refractivity contribution in [2.45, 2.75) is 40.3 Å². The quantitative estimate of drug-likeness (QED) is 0.848. The largest absolute Gasteiger partial charge is 0.352 e. The fourth-order valence-electron chi connectivity index (χ4n) is 2.25. The molecule has 0 unspecified atom stereocenters. The minimum absolute atomic E-state index is 0.130. The van der Waals surface area contributed by atoms with Crippen LogP contribution in [0.3, 0.4) is 0 Å². The number of rotatable bonds is 7. The second-order valence-corrected chi connectivity index (χ2v) is 6.58. The zero-order valence-corrected chi connectivity index (χ0v) is 14.9. The highest BCUT2D eigenvalue weighted by Crippen LogP contribution is 2.15. The standard InChI is InChI=1S/C19H26N4O/c1-14(2)10-20-18(24)17-11-21-19(22-12-17)23(15(3)4)13-16-8-6-5-7-9-16/h5-9,11-12,14-15H,10,13H2,1-4H3,(H,20,24). The second-order valence-electron chi connectivity index (χ2n) is 6.58. The third-order valence-corrected chi connectivity index (χ3v) is 3.65. The Morgan fingerprint density at radius 2 is 1.71 bits per heavy atom. The molecule has 0 saturated carbocycles. The van der Waals surface area contributed by atoms with Gasteiger partial charge in [0.25, 0.3) is 5.91 Å². The summed E-state index contributed by atoms with van der Waals surface area (Å²) in [6, 6.07) is 10.5. The van der Waals surface area contributed by atoms with E-state index in [1.165, 1.54) is 5.56 Å². The molecule has 0 aliphatic carbocycles. The minimum Gasteiger partial charge on any atom is -0.352 e. The van der Waals surface area contributed by atoms with Crippen molar-refractivity contribution in [3.8, 4) is 0 Å². The molecule has 1 aromatic carbocycles. The fraction of sp³-hybridized carbons (Fsp3) is 0.421. The molecule has 0 spiro atoms.